The largest absolute Gasteiger partial charge is 0.396 e. The normalized spacial score (nSPS) is 10.2. The van der Waals surface area contributed by atoms with E-state index in [-0.39, 0.29) is 6.61 Å². The molecule has 14 heavy (non-hydrogen) atoms. The number of nitrogens with one attached hydrogen (secondary N) is 1. The number of aliphatic hydroxyl groups is 1. The lowest BCUT2D eigenvalue weighted by atomic mass is 10.5. The molecule has 5 nitrogen and oxygen atoms in total. The standard InChI is InChI=1S/C8H14N4OS/c1-6-5-7(14-4-2-3-13)11-8(10-6)12-9/h5,13H,2-4,9H2,1H3,(H,10,11,12). The first-order valence-corrected chi connectivity index (χ1v) is 5.31. The Morgan fingerprint density at radius 3 is 3.00 bits per heavy atom. The lowest BCUT2D eigenvalue weighted by Crippen LogP contribution is -2.11. The minimum Gasteiger partial charge on any atom is -0.396 e. The molecule has 0 amide bonds. The van der Waals surface area contributed by atoms with Crippen molar-refractivity contribution in [1.29, 1.82) is 0 Å². The maximum Gasteiger partial charge on any atom is 0.238 e. The Kier molecular flexibility index (Phi) is 4.64. The third-order valence-corrected chi connectivity index (χ3v) is 2.51. The summed E-state index contributed by atoms with van der Waals surface area (Å²) in [6.07, 6.45) is 0.763. The Morgan fingerprint density at radius 2 is 2.36 bits per heavy atom. The highest BCUT2D eigenvalue weighted by molar-refractivity contribution is 7.99. The van der Waals surface area contributed by atoms with E-state index in [2.05, 4.69) is 15.4 Å². The van der Waals surface area contributed by atoms with Gasteiger partial charge in [0.2, 0.25) is 5.95 Å². The summed E-state index contributed by atoms with van der Waals surface area (Å²) in [6, 6.07) is 1.89. The zero-order chi connectivity index (χ0) is 10.4. The number of anilines is 1. The van der Waals surface area contributed by atoms with Crippen LogP contribution >= 0.6 is 11.8 Å². The Balaban J connectivity index is 2.62. The predicted octanol–water partition coefficient (Wildman–Crippen LogP) is 0.545. The Morgan fingerprint density at radius 1 is 1.57 bits per heavy atom. The van der Waals surface area contributed by atoms with Gasteiger partial charge < -0.3 is 5.11 Å². The van der Waals surface area contributed by atoms with E-state index in [0.29, 0.717) is 5.95 Å². The van der Waals surface area contributed by atoms with Crippen LogP contribution in [0.2, 0.25) is 0 Å². The van der Waals surface area contributed by atoms with Crippen LogP contribution in [0.1, 0.15) is 12.1 Å². The van der Waals surface area contributed by atoms with Crippen molar-refractivity contribution in [2.45, 2.75) is 18.4 Å². The number of aromatic nitrogens is 2. The van der Waals surface area contributed by atoms with E-state index < -0.39 is 0 Å². The zero-order valence-corrected chi connectivity index (χ0v) is 8.84. The molecule has 6 heteroatoms. The van der Waals surface area contributed by atoms with Crippen molar-refractivity contribution in [3.63, 3.8) is 0 Å². The molecule has 1 heterocycles. The molecule has 0 aliphatic heterocycles. The topological polar surface area (TPSA) is 84.1 Å². The van der Waals surface area contributed by atoms with Gasteiger partial charge in [0.1, 0.15) is 5.03 Å². The summed E-state index contributed by atoms with van der Waals surface area (Å²) in [5, 5.41) is 9.50. The van der Waals surface area contributed by atoms with Gasteiger partial charge in [-0.1, -0.05) is 0 Å². The quantitative estimate of drug-likeness (QED) is 0.218. The van der Waals surface area contributed by atoms with Crippen LogP contribution in [0.15, 0.2) is 11.1 Å². The number of thioether (sulfide) groups is 1. The lowest BCUT2D eigenvalue weighted by molar-refractivity contribution is 0.296. The van der Waals surface area contributed by atoms with Crippen molar-refractivity contribution >= 4 is 17.7 Å². The van der Waals surface area contributed by atoms with Gasteiger partial charge in [0.05, 0.1) is 0 Å². The monoisotopic (exact) mass is 214 g/mol. The highest BCUT2D eigenvalue weighted by atomic mass is 32.2. The summed E-state index contributed by atoms with van der Waals surface area (Å²) in [5.41, 5.74) is 3.29. The SMILES string of the molecule is Cc1cc(SCCCO)nc(NN)n1. The Labute approximate surface area is 87.1 Å². The van der Waals surface area contributed by atoms with Crippen molar-refractivity contribution in [3.8, 4) is 0 Å². The van der Waals surface area contributed by atoms with Crippen LogP contribution in [0.4, 0.5) is 5.95 Å². The van der Waals surface area contributed by atoms with Gasteiger partial charge in [-0.15, -0.1) is 11.8 Å². The number of hydrogen-bond acceptors (Lipinski definition) is 6. The van der Waals surface area contributed by atoms with Crippen LogP contribution in [0.3, 0.4) is 0 Å². The van der Waals surface area contributed by atoms with Crippen LogP contribution in [0.25, 0.3) is 0 Å². The van der Waals surface area contributed by atoms with Crippen LogP contribution in [-0.2, 0) is 0 Å². The van der Waals surface area contributed by atoms with E-state index in [1.165, 1.54) is 0 Å². The molecule has 0 fully saturated rings. The van der Waals surface area contributed by atoms with E-state index in [1.54, 1.807) is 11.8 Å². The van der Waals surface area contributed by atoms with Crippen molar-refractivity contribution < 1.29 is 5.11 Å². The van der Waals surface area contributed by atoms with E-state index >= 15 is 0 Å². The van der Waals surface area contributed by atoms with Gasteiger partial charge in [0.25, 0.3) is 0 Å². The average molecular weight is 214 g/mol. The summed E-state index contributed by atoms with van der Waals surface area (Å²) in [6.45, 7) is 2.09. The van der Waals surface area contributed by atoms with E-state index in [9.17, 15) is 0 Å². The zero-order valence-electron chi connectivity index (χ0n) is 8.03. The number of nitrogen functional groups attached to an aromatic ring is 1. The molecule has 0 atom stereocenters. The van der Waals surface area contributed by atoms with Gasteiger partial charge in [-0.05, 0) is 19.4 Å². The van der Waals surface area contributed by atoms with Gasteiger partial charge in [0.15, 0.2) is 0 Å². The lowest BCUT2D eigenvalue weighted by Gasteiger charge is -2.03. The van der Waals surface area contributed by atoms with E-state index in [0.717, 1.165) is 22.9 Å². The van der Waals surface area contributed by atoms with Crippen molar-refractivity contribution in [3.05, 3.63) is 11.8 Å². The summed E-state index contributed by atoms with van der Waals surface area (Å²) in [7, 11) is 0. The molecule has 4 N–H and O–H groups in total. The van der Waals surface area contributed by atoms with Crippen LogP contribution < -0.4 is 11.3 Å². The molecular formula is C8H14N4OS. The van der Waals surface area contributed by atoms with Crippen molar-refractivity contribution in [2.75, 3.05) is 17.8 Å². The number of nitrogens with zero attached hydrogens (tertiary/aromatic N) is 2. The van der Waals surface area contributed by atoms with Crippen LogP contribution in [0.5, 0.6) is 0 Å². The summed E-state index contributed by atoms with van der Waals surface area (Å²) < 4.78 is 0. The number of hydrogen-bond donors (Lipinski definition) is 3. The molecule has 0 aromatic carbocycles. The van der Waals surface area contributed by atoms with Gasteiger partial charge >= 0.3 is 0 Å². The molecular weight excluding hydrogens is 200 g/mol. The molecule has 1 aromatic heterocycles. The molecule has 78 valence electrons. The van der Waals surface area contributed by atoms with Gasteiger partial charge in [0, 0.05) is 18.1 Å². The smallest absolute Gasteiger partial charge is 0.238 e. The minimum atomic E-state index is 0.207. The van der Waals surface area contributed by atoms with Gasteiger partial charge in [-0.2, -0.15) is 0 Å². The molecule has 0 bridgehead atoms. The maximum atomic E-state index is 8.62. The average Bonchev–Trinajstić information content (AvgIpc) is 2.17. The molecule has 1 aromatic rings. The second-order valence-electron chi connectivity index (χ2n) is 2.74. The second-order valence-corrected chi connectivity index (χ2v) is 3.86. The number of aryl methyl sites for hydroxylation is 1. The third-order valence-electron chi connectivity index (χ3n) is 1.51. The summed E-state index contributed by atoms with van der Waals surface area (Å²) >= 11 is 1.58. The maximum absolute atomic E-state index is 8.62. The minimum absolute atomic E-state index is 0.207. The van der Waals surface area contributed by atoms with Gasteiger partial charge in [-0.25, -0.2) is 15.8 Å². The summed E-state index contributed by atoms with van der Waals surface area (Å²) in [5.74, 6) is 6.49. The molecule has 1 rings (SSSR count). The highest BCUT2D eigenvalue weighted by Gasteiger charge is 2.00. The fraction of sp³-hybridized carbons (Fsp3) is 0.500. The first-order chi connectivity index (χ1) is 6.76. The van der Waals surface area contributed by atoms with Crippen molar-refractivity contribution in [1.82, 2.24) is 9.97 Å². The molecule has 0 saturated carbocycles. The fourth-order valence-corrected chi connectivity index (χ4v) is 1.81. The number of rotatable bonds is 5. The molecule has 0 spiro atoms. The molecule has 0 unspecified atom stereocenters. The predicted molar refractivity (Wildman–Crippen MR) is 57.0 cm³/mol. The molecule has 0 saturated heterocycles. The first-order valence-electron chi connectivity index (χ1n) is 4.32. The number of nitrogens with two attached hydrogens (primary N) is 1. The molecule has 0 aliphatic carbocycles. The first kappa shape index (κ1) is 11.2. The number of hydrazine groups is 1. The Bertz CT molecular complexity index is 295. The van der Waals surface area contributed by atoms with Crippen LogP contribution in [0, 0.1) is 6.92 Å². The van der Waals surface area contributed by atoms with E-state index in [1.807, 2.05) is 13.0 Å². The highest BCUT2D eigenvalue weighted by Crippen LogP contribution is 2.17. The van der Waals surface area contributed by atoms with E-state index in [4.69, 9.17) is 10.9 Å². The number of aliphatic hydroxyl groups excluding tert-OH is 1. The molecule has 0 radical (unpaired) electrons. The van der Waals surface area contributed by atoms with Crippen LogP contribution in [-0.4, -0.2) is 27.4 Å². The molecule has 0 aliphatic rings. The third kappa shape index (κ3) is 3.49. The Hall–Kier alpha value is -0.850. The second kappa shape index (κ2) is 5.79. The van der Waals surface area contributed by atoms with Gasteiger partial charge in [-0.3, -0.25) is 5.43 Å². The summed E-state index contributed by atoms with van der Waals surface area (Å²) in [4.78, 5) is 8.23. The fourth-order valence-electron chi connectivity index (χ4n) is 0.919. The van der Waals surface area contributed by atoms with Crippen molar-refractivity contribution in [2.24, 2.45) is 5.84 Å².